The van der Waals surface area contributed by atoms with Crippen LogP contribution < -0.4 is 10.5 Å². The maximum absolute atomic E-state index is 13.0. The molecule has 0 bridgehead atoms. The normalized spacial score (nSPS) is 19.8. The number of nitrogens with two attached hydrogens (primary N) is 1. The van der Waals surface area contributed by atoms with E-state index in [-0.39, 0.29) is 36.7 Å². The third-order valence-corrected chi connectivity index (χ3v) is 6.07. The van der Waals surface area contributed by atoms with Gasteiger partial charge in [-0.1, -0.05) is 29.3 Å². The van der Waals surface area contributed by atoms with Crippen molar-refractivity contribution < 1.29 is 22.7 Å². The summed E-state index contributed by atoms with van der Waals surface area (Å²) in [6, 6.07) is 5.10. The van der Waals surface area contributed by atoms with Gasteiger partial charge in [0, 0.05) is 25.0 Å². The van der Waals surface area contributed by atoms with Crippen LogP contribution in [0.1, 0.15) is 29.3 Å². The molecule has 11 heteroatoms. The van der Waals surface area contributed by atoms with Crippen LogP contribution in [0.15, 0.2) is 18.2 Å². The molecule has 0 saturated carbocycles. The summed E-state index contributed by atoms with van der Waals surface area (Å²) >= 11 is 11.8. The number of rotatable bonds is 4. The van der Waals surface area contributed by atoms with E-state index < -0.39 is 16.9 Å². The molecule has 2 aromatic rings. The van der Waals surface area contributed by atoms with E-state index in [0.717, 1.165) is 10.2 Å². The molecule has 3 rings (SSSR count). The summed E-state index contributed by atoms with van der Waals surface area (Å²) in [7, 11) is 1.53. The first kappa shape index (κ1) is 22.7. The van der Waals surface area contributed by atoms with E-state index >= 15 is 0 Å². The molecular weight excluding hydrogens is 444 g/mol. The summed E-state index contributed by atoms with van der Waals surface area (Å²) < 4.78 is 45.2. The van der Waals surface area contributed by atoms with Crippen molar-refractivity contribution >= 4 is 29.1 Å². The Hall–Kier alpha value is -1.97. The van der Waals surface area contributed by atoms with E-state index in [0.29, 0.717) is 23.7 Å². The SMILES string of the molecule is COc1cc(C2CCN(C(=O)Cn3nc(C(F)(F)F)c(Cl)c3C)CC2N)ccc1Cl. The lowest BCUT2D eigenvalue weighted by Crippen LogP contribution is -2.50. The third kappa shape index (κ3) is 4.53. The summed E-state index contributed by atoms with van der Waals surface area (Å²) in [5.74, 6) is 0.179. The number of hydrogen-bond acceptors (Lipinski definition) is 4. The lowest BCUT2D eigenvalue weighted by Gasteiger charge is -2.37. The van der Waals surface area contributed by atoms with E-state index in [9.17, 15) is 18.0 Å². The average molecular weight is 465 g/mol. The molecule has 2 unspecified atom stereocenters. The highest BCUT2D eigenvalue weighted by molar-refractivity contribution is 6.32. The number of amides is 1. The number of carbonyl (C=O) groups excluding carboxylic acids is 1. The van der Waals surface area contributed by atoms with Gasteiger partial charge < -0.3 is 15.4 Å². The number of hydrogen-bond donors (Lipinski definition) is 1. The van der Waals surface area contributed by atoms with Gasteiger partial charge in [-0.25, -0.2) is 0 Å². The first-order valence-electron chi connectivity index (χ1n) is 9.19. The van der Waals surface area contributed by atoms with Gasteiger partial charge in [0.05, 0.1) is 22.8 Å². The number of carbonyl (C=O) groups is 1. The van der Waals surface area contributed by atoms with Crippen LogP contribution in [0, 0.1) is 6.92 Å². The maximum Gasteiger partial charge on any atom is 0.436 e. The van der Waals surface area contributed by atoms with E-state index in [4.69, 9.17) is 33.7 Å². The summed E-state index contributed by atoms with van der Waals surface area (Å²) in [4.78, 5) is 14.2. The number of benzene rings is 1. The van der Waals surface area contributed by atoms with Crippen molar-refractivity contribution in [2.45, 2.75) is 38.0 Å². The summed E-state index contributed by atoms with van der Waals surface area (Å²) in [6.07, 6.45) is -4.08. The minimum absolute atomic E-state index is 0.00191. The lowest BCUT2D eigenvalue weighted by molar-refractivity contribution is -0.142. The molecule has 6 nitrogen and oxygen atoms in total. The molecule has 30 heavy (non-hydrogen) atoms. The van der Waals surface area contributed by atoms with Crippen molar-refractivity contribution in [3.8, 4) is 5.75 Å². The lowest BCUT2D eigenvalue weighted by atomic mass is 9.85. The number of alkyl halides is 3. The molecule has 1 fully saturated rings. The molecule has 0 aliphatic carbocycles. The minimum atomic E-state index is -4.68. The summed E-state index contributed by atoms with van der Waals surface area (Å²) in [5.41, 5.74) is 6.17. The maximum atomic E-state index is 13.0. The molecule has 1 aromatic heterocycles. The second-order valence-electron chi connectivity index (χ2n) is 7.20. The van der Waals surface area contributed by atoms with Crippen molar-refractivity contribution in [2.24, 2.45) is 5.73 Å². The van der Waals surface area contributed by atoms with Crippen LogP contribution in [0.3, 0.4) is 0 Å². The number of methoxy groups -OCH3 is 1. The van der Waals surface area contributed by atoms with Gasteiger partial charge in [0.2, 0.25) is 5.91 Å². The molecule has 0 radical (unpaired) electrons. The quantitative estimate of drug-likeness (QED) is 0.745. The fraction of sp³-hybridized carbons (Fsp3) is 0.474. The number of halogens is 5. The van der Waals surface area contributed by atoms with Crippen LogP contribution in [0.5, 0.6) is 5.75 Å². The zero-order valence-corrected chi connectivity index (χ0v) is 17.9. The molecule has 1 saturated heterocycles. The van der Waals surface area contributed by atoms with E-state index in [1.807, 2.05) is 12.1 Å². The summed E-state index contributed by atoms with van der Waals surface area (Å²) in [6.45, 7) is 1.74. The smallest absolute Gasteiger partial charge is 0.436 e. The van der Waals surface area contributed by atoms with Gasteiger partial charge in [-0.05, 0) is 31.0 Å². The molecule has 1 amide bonds. The van der Waals surface area contributed by atoms with Crippen molar-refractivity contribution in [3.05, 3.63) is 45.2 Å². The second kappa shape index (κ2) is 8.64. The molecule has 1 aromatic carbocycles. The predicted molar refractivity (Wildman–Crippen MR) is 107 cm³/mol. The van der Waals surface area contributed by atoms with Crippen molar-refractivity contribution in [1.29, 1.82) is 0 Å². The predicted octanol–water partition coefficient (Wildman–Crippen LogP) is 3.87. The Kier molecular flexibility index (Phi) is 6.54. The fourth-order valence-electron chi connectivity index (χ4n) is 3.62. The van der Waals surface area contributed by atoms with Crippen molar-refractivity contribution in [3.63, 3.8) is 0 Å². The number of likely N-dealkylation sites (tertiary alicyclic amines) is 1. The highest BCUT2D eigenvalue weighted by Gasteiger charge is 2.39. The standard InChI is InChI=1S/C19H21Cl2F3N4O2/c1-10-17(21)18(19(22,23)24)26-28(10)9-16(29)27-6-5-12(14(25)8-27)11-3-4-13(20)15(7-11)30-2/h3-4,7,12,14H,5-6,8-9,25H2,1-2H3. The molecule has 1 aliphatic rings. The Balaban J connectivity index is 1.69. The molecule has 2 N–H and O–H groups in total. The Bertz CT molecular complexity index is 949. The first-order valence-corrected chi connectivity index (χ1v) is 9.95. The van der Waals surface area contributed by atoms with Gasteiger partial charge in [0.1, 0.15) is 12.3 Å². The fourth-order valence-corrected chi connectivity index (χ4v) is 4.05. The van der Waals surface area contributed by atoms with E-state index in [1.165, 1.54) is 18.9 Å². The van der Waals surface area contributed by atoms with Gasteiger partial charge in [0.15, 0.2) is 5.69 Å². The van der Waals surface area contributed by atoms with Crippen LogP contribution >= 0.6 is 23.2 Å². The third-order valence-electron chi connectivity index (χ3n) is 5.30. The van der Waals surface area contributed by atoms with Crippen LogP contribution in [-0.2, 0) is 17.5 Å². The van der Waals surface area contributed by atoms with Crippen LogP contribution in [0.2, 0.25) is 10.0 Å². The Morgan fingerprint density at radius 3 is 2.63 bits per heavy atom. The largest absolute Gasteiger partial charge is 0.495 e. The van der Waals surface area contributed by atoms with Gasteiger partial charge in [-0.3, -0.25) is 9.48 Å². The Morgan fingerprint density at radius 2 is 2.07 bits per heavy atom. The van der Waals surface area contributed by atoms with Crippen LogP contribution in [-0.4, -0.2) is 46.8 Å². The molecule has 2 heterocycles. The van der Waals surface area contributed by atoms with Crippen LogP contribution in [0.25, 0.3) is 0 Å². The number of piperidine rings is 1. The minimum Gasteiger partial charge on any atom is -0.495 e. The van der Waals surface area contributed by atoms with E-state index in [2.05, 4.69) is 5.10 Å². The Labute approximate surface area is 181 Å². The van der Waals surface area contributed by atoms with Gasteiger partial charge in [-0.15, -0.1) is 0 Å². The molecule has 1 aliphatic heterocycles. The van der Waals surface area contributed by atoms with Gasteiger partial charge in [-0.2, -0.15) is 18.3 Å². The number of ether oxygens (including phenoxy) is 1. The van der Waals surface area contributed by atoms with Gasteiger partial charge >= 0.3 is 6.18 Å². The number of nitrogens with zero attached hydrogens (tertiary/aromatic N) is 3. The topological polar surface area (TPSA) is 73.4 Å². The summed E-state index contributed by atoms with van der Waals surface area (Å²) in [5, 5.41) is 3.48. The molecular formula is C19H21Cl2F3N4O2. The molecule has 0 spiro atoms. The van der Waals surface area contributed by atoms with Crippen LogP contribution in [0.4, 0.5) is 13.2 Å². The molecule has 164 valence electrons. The second-order valence-corrected chi connectivity index (χ2v) is 7.98. The zero-order valence-electron chi connectivity index (χ0n) is 16.3. The average Bonchev–Trinajstić information content (AvgIpc) is 2.97. The first-order chi connectivity index (χ1) is 14.0. The van der Waals surface area contributed by atoms with Crippen molar-refractivity contribution in [2.75, 3.05) is 20.2 Å². The number of aromatic nitrogens is 2. The zero-order chi connectivity index (χ0) is 22.2. The van der Waals surface area contributed by atoms with Gasteiger partial charge in [0.25, 0.3) is 0 Å². The highest BCUT2D eigenvalue weighted by Crippen LogP contribution is 2.36. The monoisotopic (exact) mass is 464 g/mol. The van der Waals surface area contributed by atoms with E-state index in [1.54, 1.807) is 6.07 Å². The molecule has 2 atom stereocenters. The highest BCUT2D eigenvalue weighted by atomic mass is 35.5. The van der Waals surface area contributed by atoms with Crippen molar-refractivity contribution in [1.82, 2.24) is 14.7 Å². The Morgan fingerprint density at radius 1 is 1.37 bits per heavy atom.